The van der Waals surface area contributed by atoms with Gasteiger partial charge in [0.2, 0.25) is 0 Å². The number of rotatable bonds is 6. The van der Waals surface area contributed by atoms with Crippen molar-refractivity contribution in [2.45, 2.75) is 44.3 Å². The number of thioether (sulfide) groups is 1. The van der Waals surface area contributed by atoms with Crippen molar-refractivity contribution in [2.75, 3.05) is 5.75 Å². The Morgan fingerprint density at radius 1 is 1.37 bits per heavy atom. The molecule has 0 N–H and O–H groups in total. The third-order valence-electron chi connectivity index (χ3n) is 4.72. The van der Waals surface area contributed by atoms with Gasteiger partial charge in [0.15, 0.2) is 10.9 Å². The number of benzene rings is 1. The van der Waals surface area contributed by atoms with E-state index < -0.39 is 5.82 Å². The number of aryl methyl sites for hydroxylation is 2. The van der Waals surface area contributed by atoms with E-state index in [9.17, 15) is 14.0 Å². The molecule has 0 atom stereocenters. The monoisotopic (exact) mass is 402 g/mol. The van der Waals surface area contributed by atoms with Crippen molar-refractivity contribution in [2.24, 2.45) is 0 Å². The highest BCUT2D eigenvalue weighted by Gasteiger charge is 2.23. The van der Waals surface area contributed by atoms with Crippen LogP contribution in [0.1, 0.15) is 40.6 Å². The maximum Gasteiger partial charge on any atom is 0.263 e. The molecule has 1 aliphatic rings. The summed E-state index contributed by atoms with van der Waals surface area (Å²) in [7, 11) is 0. The van der Waals surface area contributed by atoms with Crippen LogP contribution in [0.2, 0.25) is 0 Å². The molecule has 1 aliphatic carbocycles. The number of carbonyl (C=O) groups excluding carboxylic acids is 1. The van der Waals surface area contributed by atoms with E-state index in [1.807, 2.05) is 6.92 Å². The van der Waals surface area contributed by atoms with Crippen LogP contribution < -0.4 is 5.56 Å². The van der Waals surface area contributed by atoms with Crippen LogP contribution in [-0.2, 0) is 19.4 Å². The zero-order chi connectivity index (χ0) is 19.0. The summed E-state index contributed by atoms with van der Waals surface area (Å²) in [5, 5.41) is 1.33. The van der Waals surface area contributed by atoms with E-state index in [1.54, 1.807) is 22.0 Å². The lowest BCUT2D eigenvalue weighted by Gasteiger charge is -2.11. The van der Waals surface area contributed by atoms with Crippen molar-refractivity contribution in [1.29, 1.82) is 0 Å². The fourth-order valence-electron chi connectivity index (χ4n) is 3.46. The van der Waals surface area contributed by atoms with E-state index in [0.717, 1.165) is 35.9 Å². The number of Topliss-reactive ketones (excluding diaryl/α,β-unsaturated/α-hetero) is 1. The molecular weight excluding hydrogens is 383 g/mol. The van der Waals surface area contributed by atoms with Crippen molar-refractivity contribution < 1.29 is 9.18 Å². The number of carbonyl (C=O) groups is 1. The van der Waals surface area contributed by atoms with E-state index in [0.29, 0.717) is 17.3 Å². The summed E-state index contributed by atoms with van der Waals surface area (Å²) in [6, 6.07) is 5.68. The van der Waals surface area contributed by atoms with Crippen LogP contribution in [0, 0.1) is 5.82 Å². The first-order valence-electron chi connectivity index (χ1n) is 9.05. The Hall–Kier alpha value is -1.99. The average molecular weight is 403 g/mol. The lowest BCUT2D eigenvalue weighted by atomic mass is 10.1. The number of halogens is 1. The summed E-state index contributed by atoms with van der Waals surface area (Å²) >= 11 is 2.85. The zero-order valence-electron chi connectivity index (χ0n) is 15.0. The second kappa shape index (κ2) is 7.56. The summed E-state index contributed by atoms with van der Waals surface area (Å²) in [6.45, 7) is 2.59. The van der Waals surface area contributed by atoms with Gasteiger partial charge < -0.3 is 0 Å². The molecule has 7 heteroatoms. The molecule has 0 unspecified atom stereocenters. The van der Waals surface area contributed by atoms with Crippen LogP contribution in [0.3, 0.4) is 0 Å². The van der Waals surface area contributed by atoms with Crippen molar-refractivity contribution in [3.8, 4) is 0 Å². The van der Waals surface area contributed by atoms with E-state index in [4.69, 9.17) is 4.98 Å². The van der Waals surface area contributed by atoms with Crippen LogP contribution in [0.25, 0.3) is 10.2 Å². The van der Waals surface area contributed by atoms with E-state index in [1.165, 1.54) is 40.4 Å². The van der Waals surface area contributed by atoms with Crippen molar-refractivity contribution >= 4 is 39.1 Å². The maximum absolute atomic E-state index is 13.3. The molecule has 0 spiro atoms. The van der Waals surface area contributed by atoms with Gasteiger partial charge in [-0.05, 0) is 43.4 Å². The molecule has 2 heterocycles. The third kappa shape index (κ3) is 3.46. The minimum Gasteiger partial charge on any atom is -0.293 e. The summed E-state index contributed by atoms with van der Waals surface area (Å²) in [6.07, 6.45) is 3.88. The van der Waals surface area contributed by atoms with Gasteiger partial charge in [-0.2, -0.15) is 0 Å². The molecule has 4 rings (SSSR count). The average Bonchev–Trinajstić information content (AvgIpc) is 3.23. The molecule has 2 aromatic heterocycles. The summed E-state index contributed by atoms with van der Waals surface area (Å²) in [5.74, 6) is -0.483. The molecule has 0 radical (unpaired) electrons. The number of hydrogen-bond donors (Lipinski definition) is 0. The predicted molar refractivity (Wildman–Crippen MR) is 108 cm³/mol. The maximum atomic E-state index is 13.3. The normalized spacial score (nSPS) is 13.3. The van der Waals surface area contributed by atoms with E-state index >= 15 is 0 Å². The Morgan fingerprint density at radius 2 is 2.22 bits per heavy atom. The first-order chi connectivity index (χ1) is 13.1. The van der Waals surface area contributed by atoms with Crippen LogP contribution in [0.15, 0.2) is 34.2 Å². The van der Waals surface area contributed by atoms with E-state index in [2.05, 4.69) is 0 Å². The quantitative estimate of drug-likeness (QED) is 0.347. The minimum atomic E-state index is -0.429. The first kappa shape index (κ1) is 18.4. The number of thiophene rings is 1. The molecule has 4 nitrogen and oxygen atoms in total. The first-order valence-corrected chi connectivity index (χ1v) is 10.9. The fourth-order valence-corrected chi connectivity index (χ4v) is 5.69. The van der Waals surface area contributed by atoms with Gasteiger partial charge in [-0.1, -0.05) is 30.8 Å². The third-order valence-corrected chi connectivity index (χ3v) is 6.88. The second-order valence-corrected chi connectivity index (χ2v) is 8.64. The highest BCUT2D eigenvalue weighted by Crippen LogP contribution is 2.35. The molecule has 0 saturated carbocycles. The Balaban J connectivity index is 1.67. The van der Waals surface area contributed by atoms with Crippen LogP contribution >= 0.6 is 23.1 Å². The topological polar surface area (TPSA) is 52.0 Å². The van der Waals surface area contributed by atoms with Gasteiger partial charge in [0.1, 0.15) is 10.6 Å². The van der Waals surface area contributed by atoms with Gasteiger partial charge >= 0.3 is 0 Å². The molecule has 0 bridgehead atoms. The number of fused-ring (bicyclic) bond motifs is 3. The van der Waals surface area contributed by atoms with Gasteiger partial charge in [0.25, 0.3) is 5.56 Å². The SMILES string of the molecule is CCCn1c(SCC(=O)c2cccc(F)c2)nc2sc3c(c2c1=O)CCC3. The highest BCUT2D eigenvalue weighted by atomic mass is 32.2. The predicted octanol–water partition coefficient (Wildman–Crippen LogP) is 4.47. The van der Waals surface area contributed by atoms with Crippen molar-refractivity contribution in [1.82, 2.24) is 9.55 Å². The molecule has 3 aromatic rings. The Labute approximate surface area is 164 Å². The zero-order valence-corrected chi connectivity index (χ0v) is 16.6. The summed E-state index contributed by atoms with van der Waals surface area (Å²) in [4.78, 5) is 32.3. The molecule has 0 amide bonds. The van der Waals surface area contributed by atoms with Crippen molar-refractivity contribution in [3.63, 3.8) is 0 Å². The fraction of sp³-hybridized carbons (Fsp3) is 0.350. The number of nitrogens with zero attached hydrogens (tertiary/aromatic N) is 2. The van der Waals surface area contributed by atoms with Gasteiger partial charge in [-0.25, -0.2) is 9.37 Å². The Bertz CT molecular complexity index is 1090. The lowest BCUT2D eigenvalue weighted by Crippen LogP contribution is -2.23. The summed E-state index contributed by atoms with van der Waals surface area (Å²) < 4.78 is 15.0. The molecule has 140 valence electrons. The molecular formula is C20H19FN2O2S2. The van der Waals surface area contributed by atoms with Gasteiger partial charge in [-0.15, -0.1) is 11.3 Å². The second-order valence-electron chi connectivity index (χ2n) is 6.61. The number of hydrogen-bond acceptors (Lipinski definition) is 5. The summed E-state index contributed by atoms with van der Waals surface area (Å²) in [5.41, 5.74) is 1.51. The lowest BCUT2D eigenvalue weighted by molar-refractivity contribution is 0.102. The molecule has 0 saturated heterocycles. The number of ketones is 1. The Morgan fingerprint density at radius 3 is 3.00 bits per heavy atom. The van der Waals surface area contributed by atoms with Gasteiger partial charge in [0, 0.05) is 17.0 Å². The smallest absolute Gasteiger partial charge is 0.263 e. The number of aromatic nitrogens is 2. The highest BCUT2D eigenvalue weighted by molar-refractivity contribution is 7.99. The van der Waals surface area contributed by atoms with Crippen molar-refractivity contribution in [3.05, 3.63) is 56.4 Å². The van der Waals surface area contributed by atoms with Crippen LogP contribution in [0.5, 0.6) is 0 Å². The molecule has 0 fully saturated rings. The van der Waals surface area contributed by atoms with Crippen LogP contribution in [-0.4, -0.2) is 21.1 Å². The van der Waals surface area contributed by atoms with Gasteiger partial charge in [0.05, 0.1) is 11.1 Å². The van der Waals surface area contributed by atoms with Gasteiger partial charge in [-0.3, -0.25) is 14.2 Å². The largest absolute Gasteiger partial charge is 0.293 e. The Kier molecular flexibility index (Phi) is 5.14. The van der Waals surface area contributed by atoms with Crippen LogP contribution in [0.4, 0.5) is 4.39 Å². The minimum absolute atomic E-state index is 0.00181. The molecule has 27 heavy (non-hydrogen) atoms. The standard InChI is InChI=1S/C20H19FN2O2S2/c1-2-9-23-19(25)17-14-7-4-8-16(14)27-18(17)22-20(23)26-11-15(24)12-5-3-6-13(21)10-12/h3,5-6,10H,2,4,7-9,11H2,1H3. The molecule has 1 aromatic carbocycles. The molecule has 0 aliphatic heterocycles. The van der Waals surface area contributed by atoms with E-state index in [-0.39, 0.29) is 17.1 Å².